The van der Waals surface area contributed by atoms with E-state index in [-0.39, 0.29) is 12.3 Å². The van der Waals surface area contributed by atoms with Crippen LogP contribution in [0.1, 0.15) is 5.56 Å². The van der Waals surface area contributed by atoms with Crippen LogP contribution >= 0.6 is 11.6 Å². The van der Waals surface area contributed by atoms with Crippen molar-refractivity contribution in [3.63, 3.8) is 0 Å². The first kappa shape index (κ1) is 16.5. The molecular formula is C18H18ClNO4. The number of nitrogens with zero attached hydrogens (tertiary/aromatic N) is 1. The Morgan fingerprint density at radius 1 is 1.17 bits per heavy atom. The molecule has 24 heavy (non-hydrogen) atoms. The first-order chi connectivity index (χ1) is 11.6. The average Bonchev–Trinajstić information content (AvgIpc) is 2.60. The summed E-state index contributed by atoms with van der Waals surface area (Å²) in [6, 6.07) is 10.8. The van der Waals surface area contributed by atoms with Gasteiger partial charge in [-0.05, 0) is 35.9 Å². The van der Waals surface area contributed by atoms with Crippen LogP contribution in [0.4, 0.5) is 5.69 Å². The van der Waals surface area contributed by atoms with Gasteiger partial charge >= 0.3 is 0 Å². The van der Waals surface area contributed by atoms with Gasteiger partial charge in [-0.3, -0.25) is 4.79 Å². The number of carbonyl (C=O) groups excluding carboxylic acids is 1. The van der Waals surface area contributed by atoms with Crippen LogP contribution in [0.2, 0.25) is 5.02 Å². The van der Waals surface area contributed by atoms with E-state index >= 15 is 0 Å². The summed E-state index contributed by atoms with van der Waals surface area (Å²) in [5, 5.41) is 0.572. The molecule has 0 saturated heterocycles. The van der Waals surface area contributed by atoms with Crippen molar-refractivity contribution in [1.82, 2.24) is 0 Å². The number of hydrogen-bond acceptors (Lipinski definition) is 4. The second-order valence-electron chi connectivity index (χ2n) is 5.37. The third-order valence-electron chi connectivity index (χ3n) is 3.89. The van der Waals surface area contributed by atoms with E-state index < -0.39 is 0 Å². The Morgan fingerprint density at radius 2 is 1.96 bits per heavy atom. The zero-order valence-electron chi connectivity index (χ0n) is 13.5. The minimum absolute atomic E-state index is 0.0194. The average molecular weight is 348 g/mol. The fourth-order valence-electron chi connectivity index (χ4n) is 2.71. The van der Waals surface area contributed by atoms with Gasteiger partial charge in [-0.15, -0.1) is 0 Å². The summed E-state index contributed by atoms with van der Waals surface area (Å²) in [6.45, 7) is 0.964. The number of benzene rings is 2. The maximum Gasteiger partial charge on any atom is 0.231 e. The fraction of sp³-hybridized carbons (Fsp3) is 0.278. The van der Waals surface area contributed by atoms with Crippen molar-refractivity contribution >= 4 is 23.2 Å². The van der Waals surface area contributed by atoms with Crippen LogP contribution in [0.3, 0.4) is 0 Å². The molecule has 0 atom stereocenters. The van der Waals surface area contributed by atoms with E-state index in [1.165, 1.54) is 0 Å². The van der Waals surface area contributed by atoms with Crippen LogP contribution < -0.4 is 19.1 Å². The molecule has 5 nitrogen and oxygen atoms in total. The van der Waals surface area contributed by atoms with Crippen LogP contribution in [0.5, 0.6) is 17.2 Å². The monoisotopic (exact) mass is 347 g/mol. The van der Waals surface area contributed by atoms with Crippen LogP contribution in [0, 0.1) is 0 Å². The van der Waals surface area contributed by atoms with Gasteiger partial charge in [0.15, 0.2) is 11.5 Å². The van der Waals surface area contributed by atoms with Gasteiger partial charge < -0.3 is 19.1 Å². The standard InChI is InChI=1S/C18H18ClNO4/c1-22-16-5-3-12(9-17(16)23-2)10-18(21)20-7-8-24-15-6-4-13(19)11-14(15)20/h3-6,9,11H,7-8,10H2,1-2H3. The van der Waals surface area contributed by atoms with Crippen LogP contribution in [-0.4, -0.2) is 33.3 Å². The van der Waals surface area contributed by atoms with Gasteiger partial charge in [-0.25, -0.2) is 0 Å². The number of methoxy groups -OCH3 is 2. The maximum absolute atomic E-state index is 12.8. The molecule has 3 rings (SSSR count). The van der Waals surface area contributed by atoms with E-state index in [1.54, 1.807) is 43.4 Å². The molecule has 1 aliphatic rings. The molecule has 1 heterocycles. The molecule has 0 saturated carbocycles. The van der Waals surface area contributed by atoms with Gasteiger partial charge in [0.2, 0.25) is 5.91 Å². The third kappa shape index (κ3) is 3.26. The Balaban J connectivity index is 1.83. The lowest BCUT2D eigenvalue weighted by atomic mass is 10.1. The molecule has 0 radical (unpaired) electrons. The lowest BCUT2D eigenvalue weighted by Crippen LogP contribution is -2.38. The number of ether oxygens (including phenoxy) is 3. The van der Waals surface area contributed by atoms with E-state index in [2.05, 4.69) is 0 Å². The Bertz CT molecular complexity index is 763. The maximum atomic E-state index is 12.8. The summed E-state index contributed by atoms with van der Waals surface area (Å²) in [6.07, 6.45) is 0.256. The van der Waals surface area contributed by atoms with Gasteiger partial charge in [0, 0.05) is 5.02 Å². The Kier molecular flexibility index (Phi) is 4.81. The first-order valence-corrected chi connectivity index (χ1v) is 7.94. The second-order valence-corrected chi connectivity index (χ2v) is 5.81. The molecule has 0 spiro atoms. The molecule has 0 bridgehead atoms. The Labute approximate surface area is 145 Å². The van der Waals surface area contributed by atoms with E-state index in [0.717, 1.165) is 5.56 Å². The van der Waals surface area contributed by atoms with Gasteiger partial charge in [0.25, 0.3) is 0 Å². The zero-order chi connectivity index (χ0) is 17.1. The van der Waals surface area contributed by atoms with Crippen molar-refractivity contribution in [1.29, 1.82) is 0 Å². The minimum Gasteiger partial charge on any atom is -0.493 e. The highest BCUT2D eigenvalue weighted by Crippen LogP contribution is 2.34. The molecule has 0 fully saturated rings. The van der Waals surface area contributed by atoms with Gasteiger partial charge in [-0.2, -0.15) is 0 Å². The summed E-state index contributed by atoms with van der Waals surface area (Å²) in [5.74, 6) is 1.89. The number of halogens is 1. The molecule has 1 aliphatic heterocycles. The Hall–Kier alpha value is -2.40. The summed E-state index contributed by atoms with van der Waals surface area (Å²) < 4.78 is 16.1. The highest BCUT2D eigenvalue weighted by Gasteiger charge is 2.24. The van der Waals surface area contributed by atoms with Crippen molar-refractivity contribution in [2.45, 2.75) is 6.42 Å². The predicted octanol–water partition coefficient (Wildman–Crippen LogP) is 3.33. The van der Waals surface area contributed by atoms with Crippen molar-refractivity contribution in [3.05, 3.63) is 47.0 Å². The fourth-order valence-corrected chi connectivity index (χ4v) is 2.88. The van der Waals surface area contributed by atoms with Gasteiger partial charge in [0.05, 0.1) is 32.9 Å². The number of anilines is 1. The summed E-state index contributed by atoms with van der Waals surface area (Å²) >= 11 is 6.06. The highest BCUT2D eigenvalue weighted by molar-refractivity contribution is 6.31. The topological polar surface area (TPSA) is 48.0 Å². The number of rotatable bonds is 4. The quantitative estimate of drug-likeness (QED) is 0.851. The van der Waals surface area contributed by atoms with Crippen LogP contribution in [0.15, 0.2) is 36.4 Å². The second kappa shape index (κ2) is 7.01. The van der Waals surface area contributed by atoms with Gasteiger partial charge in [0.1, 0.15) is 12.4 Å². The summed E-state index contributed by atoms with van der Waals surface area (Å²) in [5.41, 5.74) is 1.56. The smallest absolute Gasteiger partial charge is 0.231 e. The molecule has 0 aliphatic carbocycles. The molecule has 126 valence electrons. The van der Waals surface area contributed by atoms with E-state index in [0.29, 0.717) is 41.1 Å². The normalized spacial score (nSPS) is 13.0. The molecule has 2 aromatic carbocycles. The summed E-state index contributed by atoms with van der Waals surface area (Å²) in [4.78, 5) is 14.5. The zero-order valence-corrected chi connectivity index (χ0v) is 14.3. The Morgan fingerprint density at radius 3 is 2.71 bits per heavy atom. The van der Waals surface area contributed by atoms with Crippen molar-refractivity contribution in [2.75, 3.05) is 32.3 Å². The van der Waals surface area contributed by atoms with Gasteiger partial charge in [-0.1, -0.05) is 17.7 Å². The molecular weight excluding hydrogens is 330 g/mol. The SMILES string of the molecule is COc1ccc(CC(=O)N2CCOc3ccc(Cl)cc32)cc1OC. The predicted molar refractivity (Wildman–Crippen MR) is 92.6 cm³/mol. The first-order valence-electron chi connectivity index (χ1n) is 7.56. The third-order valence-corrected chi connectivity index (χ3v) is 4.12. The molecule has 1 amide bonds. The molecule has 0 aromatic heterocycles. The minimum atomic E-state index is -0.0194. The van der Waals surface area contributed by atoms with Crippen molar-refractivity contribution in [2.24, 2.45) is 0 Å². The summed E-state index contributed by atoms with van der Waals surface area (Å²) in [7, 11) is 3.15. The lowest BCUT2D eigenvalue weighted by molar-refractivity contribution is -0.118. The van der Waals surface area contributed by atoms with Crippen LogP contribution in [-0.2, 0) is 11.2 Å². The largest absolute Gasteiger partial charge is 0.493 e. The molecule has 0 unspecified atom stereocenters. The number of fused-ring (bicyclic) bond motifs is 1. The molecule has 0 N–H and O–H groups in total. The number of amides is 1. The molecule has 2 aromatic rings. The number of carbonyl (C=O) groups is 1. The highest BCUT2D eigenvalue weighted by atomic mass is 35.5. The van der Waals surface area contributed by atoms with E-state index in [4.69, 9.17) is 25.8 Å². The van der Waals surface area contributed by atoms with E-state index in [1.807, 2.05) is 12.1 Å². The van der Waals surface area contributed by atoms with Crippen LogP contribution in [0.25, 0.3) is 0 Å². The van der Waals surface area contributed by atoms with Crippen molar-refractivity contribution in [3.8, 4) is 17.2 Å². The lowest BCUT2D eigenvalue weighted by Gasteiger charge is -2.29. The van der Waals surface area contributed by atoms with E-state index in [9.17, 15) is 4.79 Å². The van der Waals surface area contributed by atoms with Crippen molar-refractivity contribution < 1.29 is 19.0 Å². The number of hydrogen-bond donors (Lipinski definition) is 0. The molecule has 6 heteroatoms.